The molecule has 1 unspecified atom stereocenters. The van der Waals surface area contributed by atoms with Gasteiger partial charge in [-0.25, -0.2) is 4.79 Å². The largest absolute Gasteiger partial charge is 0.507 e. The first-order valence-corrected chi connectivity index (χ1v) is 10.5. The smallest absolute Gasteiger partial charge is 0.335 e. The highest BCUT2D eigenvalue weighted by molar-refractivity contribution is 6.12. The molecule has 0 amide bonds. The minimum atomic E-state index is -1.05. The van der Waals surface area contributed by atoms with Gasteiger partial charge in [-0.15, -0.1) is 0 Å². The maximum atomic E-state index is 11.4. The number of carbonyl (C=O) groups is 1. The Morgan fingerprint density at radius 2 is 1.50 bits per heavy atom. The highest BCUT2D eigenvalue weighted by Crippen LogP contribution is 2.42. The van der Waals surface area contributed by atoms with Gasteiger partial charge in [0.25, 0.3) is 0 Å². The second kappa shape index (κ2) is 10.6. The molecule has 3 aromatic rings. The SMILES string of the molecule is O=C(O)c1ccc2c(OCCOCCOCCOCC3CO3)c3ccccc3c(O)c2c1. The molecule has 3 aromatic carbocycles. The van der Waals surface area contributed by atoms with Crippen LogP contribution >= 0.6 is 0 Å². The van der Waals surface area contributed by atoms with Crippen LogP contribution in [0.15, 0.2) is 42.5 Å². The van der Waals surface area contributed by atoms with Gasteiger partial charge in [0.15, 0.2) is 0 Å². The molecule has 1 fully saturated rings. The fourth-order valence-electron chi connectivity index (χ4n) is 3.43. The molecule has 0 spiro atoms. The summed E-state index contributed by atoms with van der Waals surface area (Å²) in [6.45, 7) is 4.02. The molecular formula is C24H26O8. The first-order chi connectivity index (χ1) is 15.6. The zero-order chi connectivity index (χ0) is 22.3. The Bertz CT molecular complexity index is 1080. The van der Waals surface area contributed by atoms with Crippen molar-refractivity contribution >= 4 is 27.5 Å². The normalized spacial score (nSPS) is 15.3. The average Bonchev–Trinajstić information content (AvgIpc) is 3.63. The molecular weight excluding hydrogens is 416 g/mol. The van der Waals surface area contributed by atoms with E-state index in [1.165, 1.54) is 12.1 Å². The van der Waals surface area contributed by atoms with E-state index < -0.39 is 5.97 Å². The van der Waals surface area contributed by atoms with Gasteiger partial charge in [-0.2, -0.15) is 0 Å². The molecule has 2 N–H and O–H groups in total. The van der Waals surface area contributed by atoms with Crippen LogP contribution in [0.3, 0.4) is 0 Å². The van der Waals surface area contributed by atoms with Gasteiger partial charge in [-0.3, -0.25) is 0 Å². The molecule has 0 radical (unpaired) electrons. The molecule has 1 saturated heterocycles. The standard InChI is InChI=1S/C24H26O8/c25-22-18-3-1-2-4-19(18)23(20-6-5-16(24(26)27)13-21(20)22)31-12-11-29-8-7-28-9-10-30-14-17-15-32-17/h1-6,13,17,25H,7-12,14-15H2,(H,26,27). The van der Waals surface area contributed by atoms with Crippen molar-refractivity contribution in [3.05, 3.63) is 48.0 Å². The van der Waals surface area contributed by atoms with Gasteiger partial charge in [0.1, 0.15) is 24.2 Å². The number of epoxide rings is 1. The Morgan fingerprint density at radius 3 is 2.19 bits per heavy atom. The average molecular weight is 442 g/mol. The minimum absolute atomic E-state index is 0.0353. The van der Waals surface area contributed by atoms with Crippen molar-refractivity contribution < 1.29 is 38.7 Å². The second-order valence-corrected chi connectivity index (χ2v) is 7.39. The molecule has 4 rings (SSSR count). The number of hydrogen-bond donors (Lipinski definition) is 2. The topological polar surface area (TPSA) is 107 Å². The van der Waals surface area contributed by atoms with Gasteiger partial charge in [0.05, 0.1) is 51.8 Å². The van der Waals surface area contributed by atoms with Crippen LogP contribution < -0.4 is 4.74 Å². The Morgan fingerprint density at radius 1 is 0.875 bits per heavy atom. The van der Waals surface area contributed by atoms with E-state index in [1.807, 2.05) is 18.2 Å². The van der Waals surface area contributed by atoms with Crippen molar-refractivity contribution in [2.24, 2.45) is 0 Å². The van der Waals surface area contributed by atoms with Gasteiger partial charge in [0.2, 0.25) is 0 Å². The van der Waals surface area contributed by atoms with Gasteiger partial charge in [-0.05, 0) is 18.2 Å². The van der Waals surface area contributed by atoms with Crippen molar-refractivity contribution in [3.8, 4) is 11.5 Å². The van der Waals surface area contributed by atoms with Crippen LogP contribution in [0, 0.1) is 0 Å². The Labute approximate surface area is 185 Å². The highest BCUT2D eigenvalue weighted by Gasteiger charge is 2.22. The van der Waals surface area contributed by atoms with Gasteiger partial charge in [0, 0.05) is 21.5 Å². The fourth-order valence-corrected chi connectivity index (χ4v) is 3.43. The molecule has 32 heavy (non-hydrogen) atoms. The summed E-state index contributed by atoms with van der Waals surface area (Å²) in [5.41, 5.74) is 0.101. The number of aromatic hydroxyl groups is 1. The third-order valence-electron chi connectivity index (χ3n) is 5.12. The lowest BCUT2D eigenvalue weighted by molar-refractivity contribution is 0.00722. The first kappa shape index (κ1) is 22.3. The van der Waals surface area contributed by atoms with Gasteiger partial charge >= 0.3 is 5.97 Å². The molecule has 1 heterocycles. The summed E-state index contributed by atoms with van der Waals surface area (Å²) in [5.74, 6) is -0.434. The van der Waals surface area contributed by atoms with Crippen molar-refractivity contribution in [2.75, 3.05) is 52.9 Å². The van der Waals surface area contributed by atoms with Crippen LogP contribution in [-0.4, -0.2) is 75.1 Å². The lowest BCUT2D eigenvalue weighted by Crippen LogP contribution is -2.13. The van der Waals surface area contributed by atoms with Crippen LogP contribution in [-0.2, 0) is 18.9 Å². The summed E-state index contributed by atoms with van der Waals surface area (Å²) in [6, 6.07) is 11.9. The minimum Gasteiger partial charge on any atom is -0.507 e. The number of phenols is 1. The number of benzene rings is 3. The molecule has 1 aliphatic heterocycles. The maximum absolute atomic E-state index is 11.4. The summed E-state index contributed by atoms with van der Waals surface area (Å²) < 4.78 is 27.5. The van der Waals surface area contributed by atoms with Crippen LogP contribution in [0.2, 0.25) is 0 Å². The van der Waals surface area contributed by atoms with Crippen molar-refractivity contribution in [2.45, 2.75) is 6.10 Å². The van der Waals surface area contributed by atoms with Crippen molar-refractivity contribution in [1.82, 2.24) is 0 Å². The van der Waals surface area contributed by atoms with Crippen LogP contribution in [0.5, 0.6) is 11.5 Å². The number of phenolic OH excluding ortho intramolecular Hbond substituents is 1. The molecule has 170 valence electrons. The number of fused-ring (bicyclic) bond motifs is 2. The number of carboxylic acid groups (broad SMARTS) is 1. The van der Waals surface area contributed by atoms with E-state index in [9.17, 15) is 15.0 Å². The van der Waals surface area contributed by atoms with E-state index in [-0.39, 0.29) is 17.4 Å². The van der Waals surface area contributed by atoms with Crippen molar-refractivity contribution in [3.63, 3.8) is 0 Å². The van der Waals surface area contributed by atoms with Crippen molar-refractivity contribution in [1.29, 1.82) is 0 Å². The molecule has 1 aliphatic rings. The number of rotatable bonds is 13. The third kappa shape index (κ3) is 5.46. The lowest BCUT2D eigenvalue weighted by atomic mass is 9.99. The number of carboxylic acids is 1. The summed E-state index contributed by atoms with van der Waals surface area (Å²) >= 11 is 0. The predicted molar refractivity (Wildman–Crippen MR) is 118 cm³/mol. The molecule has 8 nitrogen and oxygen atoms in total. The van der Waals surface area contributed by atoms with E-state index in [0.29, 0.717) is 68.2 Å². The summed E-state index contributed by atoms with van der Waals surface area (Å²) in [4.78, 5) is 11.4. The molecule has 1 atom stereocenters. The Kier molecular flexibility index (Phi) is 7.39. The zero-order valence-corrected chi connectivity index (χ0v) is 17.6. The summed E-state index contributed by atoms with van der Waals surface area (Å²) in [7, 11) is 0. The highest BCUT2D eigenvalue weighted by atomic mass is 16.6. The van der Waals surface area contributed by atoms with E-state index >= 15 is 0 Å². The molecule has 0 aromatic heterocycles. The van der Waals surface area contributed by atoms with E-state index in [1.54, 1.807) is 12.1 Å². The Hall–Kier alpha value is -2.91. The predicted octanol–water partition coefficient (Wildman–Crippen LogP) is 3.22. The molecule has 0 bridgehead atoms. The van der Waals surface area contributed by atoms with Crippen LogP contribution in [0.1, 0.15) is 10.4 Å². The van der Waals surface area contributed by atoms with E-state index in [2.05, 4.69) is 0 Å². The number of hydrogen-bond acceptors (Lipinski definition) is 7. The first-order valence-electron chi connectivity index (χ1n) is 10.5. The molecule has 8 heteroatoms. The number of ether oxygens (including phenoxy) is 5. The van der Waals surface area contributed by atoms with E-state index in [0.717, 1.165) is 12.0 Å². The summed E-state index contributed by atoms with van der Waals surface area (Å²) in [5, 5.41) is 22.4. The Balaban J connectivity index is 1.31. The lowest BCUT2D eigenvalue weighted by Gasteiger charge is -2.15. The van der Waals surface area contributed by atoms with E-state index in [4.69, 9.17) is 23.7 Å². The monoisotopic (exact) mass is 442 g/mol. The third-order valence-corrected chi connectivity index (χ3v) is 5.12. The summed E-state index contributed by atoms with van der Waals surface area (Å²) in [6.07, 6.45) is 0.264. The van der Waals surface area contributed by atoms with Crippen LogP contribution in [0.25, 0.3) is 21.5 Å². The second-order valence-electron chi connectivity index (χ2n) is 7.39. The molecule has 0 saturated carbocycles. The maximum Gasteiger partial charge on any atom is 0.335 e. The van der Waals surface area contributed by atoms with Crippen LogP contribution in [0.4, 0.5) is 0 Å². The quantitative estimate of drug-likeness (QED) is 0.236. The van der Waals surface area contributed by atoms with Gasteiger partial charge in [-0.1, -0.05) is 24.3 Å². The fraction of sp³-hybridized carbons (Fsp3) is 0.375. The van der Waals surface area contributed by atoms with Gasteiger partial charge < -0.3 is 33.9 Å². The number of aromatic carboxylic acids is 1. The molecule has 0 aliphatic carbocycles. The zero-order valence-electron chi connectivity index (χ0n) is 17.6.